The van der Waals surface area contributed by atoms with Gasteiger partial charge >= 0.3 is 0 Å². The molecule has 2 heteroatoms. The largest absolute Gasteiger partial charge is 0.378 e. The number of hydrogen-bond acceptors (Lipinski definition) is 2. The van der Waals surface area contributed by atoms with Crippen molar-refractivity contribution in [3.63, 3.8) is 0 Å². The molecule has 0 aromatic carbocycles. The van der Waals surface area contributed by atoms with Crippen LogP contribution in [-0.4, -0.2) is 37.2 Å². The standard InChI is InChI=1S/C27H55NO/c1-5-8-10-11-15-25(4)16-12-13-21-28-22-19-27(20-23-28)29-24-14-18-26(7-3)17-9-6-2/h25-27H,5-24H2,1-4H3. The summed E-state index contributed by atoms with van der Waals surface area (Å²) in [4.78, 5) is 2.68. The molecular weight excluding hydrogens is 354 g/mol. The predicted octanol–water partition coefficient (Wildman–Crippen LogP) is 8.24. The molecular formula is C27H55NO. The molecule has 29 heavy (non-hydrogen) atoms. The minimum atomic E-state index is 0.533. The summed E-state index contributed by atoms with van der Waals surface area (Å²) in [7, 11) is 0. The fourth-order valence-electron chi connectivity index (χ4n) is 4.86. The lowest BCUT2D eigenvalue weighted by molar-refractivity contribution is 0.00442. The fraction of sp³-hybridized carbons (Fsp3) is 1.00. The minimum absolute atomic E-state index is 0.533. The molecule has 0 radical (unpaired) electrons. The number of piperidine rings is 1. The van der Waals surface area contributed by atoms with Crippen LogP contribution >= 0.6 is 0 Å². The van der Waals surface area contributed by atoms with E-state index < -0.39 is 0 Å². The quantitative estimate of drug-likeness (QED) is 0.199. The highest BCUT2D eigenvalue weighted by atomic mass is 16.5. The van der Waals surface area contributed by atoms with E-state index in [0.717, 1.165) is 18.4 Å². The number of likely N-dealkylation sites (tertiary alicyclic amines) is 1. The Morgan fingerprint density at radius 3 is 2.07 bits per heavy atom. The van der Waals surface area contributed by atoms with Crippen LogP contribution in [-0.2, 0) is 4.74 Å². The molecule has 0 aliphatic carbocycles. The van der Waals surface area contributed by atoms with Gasteiger partial charge in [-0.25, -0.2) is 0 Å². The maximum Gasteiger partial charge on any atom is 0.0599 e. The van der Waals surface area contributed by atoms with Crippen LogP contribution in [0.15, 0.2) is 0 Å². The van der Waals surface area contributed by atoms with Crippen molar-refractivity contribution < 1.29 is 4.74 Å². The molecule has 174 valence electrons. The number of nitrogens with zero attached hydrogens (tertiary/aromatic N) is 1. The molecule has 0 N–H and O–H groups in total. The van der Waals surface area contributed by atoms with E-state index in [4.69, 9.17) is 4.74 Å². The molecule has 1 rings (SSSR count). The first-order chi connectivity index (χ1) is 14.2. The monoisotopic (exact) mass is 409 g/mol. The lowest BCUT2D eigenvalue weighted by Crippen LogP contribution is -2.37. The van der Waals surface area contributed by atoms with E-state index in [0.29, 0.717) is 6.10 Å². The van der Waals surface area contributed by atoms with Gasteiger partial charge in [-0.3, -0.25) is 0 Å². The molecule has 2 nitrogen and oxygen atoms in total. The van der Waals surface area contributed by atoms with Gasteiger partial charge in [-0.05, 0) is 50.5 Å². The Kier molecular flexibility index (Phi) is 17.4. The third-order valence-electron chi connectivity index (χ3n) is 7.16. The molecule has 1 aliphatic heterocycles. The van der Waals surface area contributed by atoms with E-state index in [1.165, 1.54) is 122 Å². The molecule has 0 amide bonds. The van der Waals surface area contributed by atoms with Gasteiger partial charge in [0.2, 0.25) is 0 Å². The van der Waals surface area contributed by atoms with Crippen LogP contribution in [0.3, 0.4) is 0 Å². The third-order valence-corrected chi connectivity index (χ3v) is 7.16. The molecule has 0 aromatic rings. The Balaban J connectivity index is 1.96. The average Bonchev–Trinajstić information content (AvgIpc) is 2.74. The van der Waals surface area contributed by atoms with Gasteiger partial charge in [0.25, 0.3) is 0 Å². The van der Waals surface area contributed by atoms with Crippen molar-refractivity contribution in [2.45, 2.75) is 137 Å². The highest BCUT2D eigenvalue weighted by Crippen LogP contribution is 2.20. The van der Waals surface area contributed by atoms with Crippen molar-refractivity contribution in [2.75, 3.05) is 26.2 Å². The first kappa shape index (κ1) is 27.0. The second kappa shape index (κ2) is 18.7. The third kappa shape index (κ3) is 14.5. The van der Waals surface area contributed by atoms with Crippen LogP contribution in [0.4, 0.5) is 0 Å². The zero-order valence-electron chi connectivity index (χ0n) is 20.7. The van der Waals surface area contributed by atoms with Crippen molar-refractivity contribution in [2.24, 2.45) is 11.8 Å². The highest BCUT2D eigenvalue weighted by molar-refractivity contribution is 4.73. The van der Waals surface area contributed by atoms with Crippen molar-refractivity contribution >= 4 is 0 Å². The summed E-state index contributed by atoms with van der Waals surface area (Å²) < 4.78 is 6.22. The summed E-state index contributed by atoms with van der Waals surface area (Å²) in [6, 6.07) is 0. The molecule has 2 atom stereocenters. The van der Waals surface area contributed by atoms with Crippen LogP contribution in [0.25, 0.3) is 0 Å². The predicted molar refractivity (Wildman–Crippen MR) is 130 cm³/mol. The first-order valence-electron chi connectivity index (χ1n) is 13.5. The van der Waals surface area contributed by atoms with E-state index in [1.807, 2.05) is 0 Å². The minimum Gasteiger partial charge on any atom is -0.378 e. The molecule has 1 aliphatic rings. The maximum atomic E-state index is 6.22. The van der Waals surface area contributed by atoms with Gasteiger partial charge in [0.1, 0.15) is 0 Å². The van der Waals surface area contributed by atoms with Gasteiger partial charge in [0.15, 0.2) is 0 Å². The molecule has 1 heterocycles. The zero-order valence-corrected chi connectivity index (χ0v) is 20.7. The van der Waals surface area contributed by atoms with E-state index >= 15 is 0 Å². The van der Waals surface area contributed by atoms with Gasteiger partial charge in [-0.1, -0.05) is 98.3 Å². The molecule has 0 aromatic heterocycles. The Morgan fingerprint density at radius 2 is 1.41 bits per heavy atom. The number of ether oxygens (including phenoxy) is 1. The summed E-state index contributed by atoms with van der Waals surface area (Å²) >= 11 is 0. The number of rotatable bonds is 19. The average molecular weight is 410 g/mol. The Hall–Kier alpha value is -0.0800. The molecule has 2 unspecified atom stereocenters. The number of hydrogen-bond donors (Lipinski definition) is 0. The van der Waals surface area contributed by atoms with Crippen molar-refractivity contribution in [3.8, 4) is 0 Å². The lowest BCUT2D eigenvalue weighted by atomic mass is 9.94. The molecule has 1 saturated heterocycles. The summed E-state index contributed by atoms with van der Waals surface area (Å²) in [5.74, 6) is 1.86. The van der Waals surface area contributed by atoms with Crippen LogP contribution in [0.1, 0.15) is 130 Å². The van der Waals surface area contributed by atoms with Gasteiger partial charge in [-0.15, -0.1) is 0 Å². The molecule has 0 saturated carbocycles. The van der Waals surface area contributed by atoms with Crippen molar-refractivity contribution in [1.82, 2.24) is 4.90 Å². The Labute approximate surface area is 184 Å². The van der Waals surface area contributed by atoms with Gasteiger partial charge < -0.3 is 9.64 Å². The summed E-state index contributed by atoms with van der Waals surface area (Å²) in [6.07, 6.45) is 22.5. The smallest absolute Gasteiger partial charge is 0.0599 e. The van der Waals surface area contributed by atoms with E-state index in [1.54, 1.807) is 0 Å². The van der Waals surface area contributed by atoms with Gasteiger partial charge in [-0.2, -0.15) is 0 Å². The van der Waals surface area contributed by atoms with Gasteiger partial charge in [0.05, 0.1) is 6.10 Å². The van der Waals surface area contributed by atoms with E-state index in [9.17, 15) is 0 Å². The van der Waals surface area contributed by atoms with Crippen LogP contribution in [0.2, 0.25) is 0 Å². The van der Waals surface area contributed by atoms with Crippen LogP contribution < -0.4 is 0 Å². The van der Waals surface area contributed by atoms with E-state index in [-0.39, 0.29) is 0 Å². The lowest BCUT2D eigenvalue weighted by Gasteiger charge is -2.32. The van der Waals surface area contributed by atoms with Crippen LogP contribution in [0.5, 0.6) is 0 Å². The topological polar surface area (TPSA) is 12.5 Å². The Bertz CT molecular complexity index is 337. The molecule has 0 bridgehead atoms. The molecule has 0 spiro atoms. The maximum absolute atomic E-state index is 6.22. The normalized spacial score (nSPS) is 18.2. The first-order valence-corrected chi connectivity index (χ1v) is 13.5. The second-order valence-electron chi connectivity index (χ2n) is 9.92. The highest BCUT2D eigenvalue weighted by Gasteiger charge is 2.19. The van der Waals surface area contributed by atoms with Crippen molar-refractivity contribution in [1.29, 1.82) is 0 Å². The van der Waals surface area contributed by atoms with Crippen molar-refractivity contribution in [3.05, 3.63) is 0 Å². The SMILES string of the molecule is CCCCCCC(C)CCCCN1CCC(OCCCC(CC)CCCC)CC1. The number of unbranched alkanes of at least 4 members (excludes halogenated alkanes) is 5. The van der Waals surface area contributed by atoms with Gasteiger partial charge in [0, 0.05) is 19.7 Å². The van der Waals surface area contributed by atoms with E-state index in [2.05, 4.69) is 32.6 Å². The molecule has 1 fully saturated rings. The zero-order chi connectivity index (χ0) is 21.2. The summed E-state index contributed by atoms with van der Waals surface area (Å²) in [5, 5.41) is 0. The van der Waals surface area contributed by atoms with Crippen LogP contribution in [0, 0.1) is 11.8 Å². The second-order valence-corrected chi connectivity index (χ2v) is 9.92. The summed E-state index contributed by atoms with van der Waals surface area (Å²) in [6.45, 7) is 14.2. The fourth-order valence-corrected chi connectivity index (χ4v) is 4.86. The Morgan fingerprint density at radius 1 is 0.759 bits per heavy atom. The summed E-state index contributed by atoms with van der Waals surface area (Å²) in [5.41, 5.74) is 0.